The number of aromatic nitrogens is 1. The van der Waals surface area contributed by atoms with Crippen LogP contribution in [0.1, 0.15) is 5.56 Å². The van der Waals surface area contributed by atoms with Crippen molar-refractivity contribution < 1.29 is 31.5 Å². The Morgan fingerprint density at radius 3 is 2.36 bits per heavy atom. The molecule has 12 heteroatoms. The molecule has 4 aromatic rings. The Labute approximate surface area is 204 Å². The number of carbonyl (C=O) groups is 1. The number of rotatable bonds is 6. The van der Waals surface area contributed by atoms with E-state index in [9.17, 15) is 31.5 Å². The van der Waals surface area contributed by atoms with Gasteiger partial charge in [0.25, 0.3) is 15.9 Å². The lowest BCUT2D eigenvalue weighted by Crippen LogP contribution is -2.35. The molecule has 1 aromatic heterocycles. The Kier molecular flexibility index (Phi) is 6.55. The van der Waals surface area contributed by atoms with Gasteiger partial charge in [-0.05, 0) is 36.4 Å². The average molecular weight is 517 g/mol. The third-order valence-electron chi connectivity index (χ3n) is 5.38. The van der Waals surface area contributed by atoms with Gasteiger partial charge >= 0.3 is 6.18 Å². The van der Waals surface area contributed by atoms with Gasteiger partial charge in [-0.2, -0.15) is 13.2 Å². The van der Waals surface area contributed by atoms with Gasteiger partial charge < -0.3 is 9.67 Å². The summed E-state index contributed by atoms with van der Waals surface area (Å²) in [6.45, 7) is -0.923. The Morgan fingerprint density at radius 1 is 1.00 bits per heavy atom. The second-order valence-corrected chi connectivity index (χ2v) is 9.58. The van der Waals surface area contributed by atoms with Crippen LogP contribution in [0.2, 0.25) is 0 Å². The van der Waals surface area contributed by atoms with E-state index in [0.717, 1.165) is 18.2 Å². The summed E-state index contributed by atoms with van der Waals surface area (Å²) in [4.78, 5) is 12.5. The summed E-state index contributed by atoms with van der Waals surface area (Å²) in [7, 11) is -2.86. The Hall–Kier alpha value is -4.19. The van der Waals surface area contributed by atoms with Crippen molar-refractivity contribution in [3.8, 4) is 5.88 Å². The van der Waals surface area contributed by atoms with Crippen LogP contribution in [-0.4, -0.2) is 30.5 Å². The van der Waals surface area contributed by atoms with Crippen LogP contribution in [0.15, 0.2) is 94.0 Å². The molecule has 0 aliphatic carbocycles. The molecule has 0 atom stereocenters. The highest BCUT2D eigenvalue weighted by Crippen LogP contribution is 2.38. The molecule has 4 rings (SSSR count). The number of para-hydroxylation sites is 1. The third kappa shape index (κ3) is 4.80. The number of hydrogen-bond acceptors (Lipinski definition) is 5. The Morgan fingerprint density at radius 2 is 1.67 bits per heavy atom. The van der Waals surface area contributed by atoms with Crippen molar-refractivity contribution in [1.29, 1.82) is 0 Å². The predicted molar refractivity (Wildman–Crippen MR) is 127 cm³/mol. The van der Waals surface area contributed by atoms with Gasteiger partial charge in [-0.3, -0.25) is 9.10 Å². The number of benzene rings is 3. The van der Waals surface area contributed by atoms with E-state index >= 15 is 0 Å². The zero-order chi connectivity index (χ0) is 26.1. The molecule has 1 heterocycles. The topological polar surface area (TPSA) is 104 Å². The molecule has 3 aromatic carbocycles. The molecule has 36 heavy (non-hydrogen) atoms. The van der Waals surface area contributed by atoms with Crippen molar-refractivity contribution in [1.82, 2.24) is 4.57 Å². The van der Waals surface area contributed by atoms with Crippen molar-refractivity contribution in [2.45, 2.75) is 11.1 Å². The van der Waals surface area contributed by atoms with Crippen molar-refractivity contribution in [2.75, 3.05) is 10.8 Å². The van der Waals surface area contributed by atoms with E-state index in [1.165, 1.54) is 28.8 Å². The predicted octanol–water partition coefficient (Wildman–Crippen LogP) is 5.41. The van der Waals surface area contributed by atoms with Gasteiger partial charge in [-0.1, -0.05) is 42.5 Å². The lowest BCUT2D eigenvalue weighted by atomic mass is 10.2. The fourth-order valence-corrected chi connectivity index (χ4v) is 5.02. The largest absolute Gasteiger partial charge is 0.493 e. The first kappa shape index (κ1) is 24.9. The van der Waals surface area contributed by atoms with Crippen molar-refractivity contribution in [3.63, 3.8) is 0 Å². The van der Waals surface area contributed by atoms with Gasteiger partial charge in [-0.15, -0.1) is 10.2 Å². The lowest BCUT2D eigenvalue weighted by molar-refractivity contribution is -0.137. The number of fused-ring (bicyclic) bond motifs is 1. The van der Waals surface area contributed by atoms with Gasteiger partial charge in [0.05, 0.1) is 21.7 Å². The maximum absolute atomic E-state index is 13.3. The highest BCUT2D eigenvalue weighted by atomic mass is 32.2. The number of hydrogen-bond donors (Lipinski definition) is 1. The van der Waals surface area contributed by atoms with Crippen LogP contribution < -0.4 is 4.31 Å². The number of anilines is 1. The van der Waals surface area contributed by atoms with Crippen LogP contribution in [0.25, 0.3) is 10.9 Å². The number of amides is 1. The van der Waals surface area contributed by atoms with Crippen molar-refractivity contribution in [3.05, 3.63) is 84.4 Å². The first-order chi connectivity index (χ1) is 17.0. The summed E-state index contributed by atoms with van der Waals surface area (Å²) in [6.07, 6.45) is -4.73. The fraction of sp³-hybridized carbons (Fsp3) is 0.125. The van der Waals surface area contributed by atoms with Crippen molar-refractivity contribution >= 4 is 38.2 Å². The molecular formula is C24H19F3N4O4S. The summed E-state index contributed by atoms with van der Waals surface area (Å²) in [5.74, 6) is -1.32. The Balaban J connectivity index is 1.72. The summed E-state index contributed by atoms with van der Waals surface area (Å²) in [5.41, 5.74) is -0.833. The van der Waals surface area contributed by atoms with Crippen LogP contribution in [-0.2, 0) is 28.0 Å². The minimum atomic E-state index is -4.73. The molecule has 0 saturated heterocycles. The first-order valence-corrected chi connectivity index (χ1v) is 11.9. The zero-order valence-electron chi connectivity index (χ0n) is 18.7. The standard InChI is InChI=1S/C24H19F3N4O4S/c1-30-20-13-6-5-12-19(20)22(23(30)33)29-28-21(32)15-31(36(34,35)18-10-3-2-4-11-18)17-9-7-8-16(14-17)24(25,26)27/h2-14,33H,15H2,1H3. The summed E-state index contributed by atoms with van der Waals surface area (Å²) >= 11 is 0. The van der Waals surface area contributed by atoms with E-state index in [-0.39, 0.29) is 22.2 Å². The number of carbonyl (C=O) groups excluding carboxylic acids is 1. The summed E-state index contributed by atoms with van der Waals surface area (Å²) < 4.78 is 68.5. The number of aromatic hydroxyl groups is 1. The van der Waals surface area contributed by atoms with Crippen LogP contribution in [0, 0.1) is 0 Å². The molecule has 0 aliphatic rings. The SMILES string of the molecule is Cn1c(O)c(N=NC(=O)CN(c2cccc(C(F)(F)F)c2)S(=O)(=O)c2ccccc2)c2ccccc21. The fourth-order valence-electron chi connectivity index (χ4n) is 3.59. The monoisotopic (exact) mass is 516 g/mol. The molecule has 0 fully saturated rings. The molecule has 1 N–H and O–H groups in total. The Bertz CT molecular complexity index is 1570. The van der Waals surface area contributed by atoms with E-state index < -0.39 is 34.2 Å². The van der Waals surface area contributed by atoms with E-state index in [2.05, 4.69) is 10.2 Å². The minimum absolute atomic E-state index is 0.00187. The third-order valence-corrected chi connectivity index (χ3v) is 7.17. The number of alkyl halides is 3. The molecule has 0 radical (unpaired) electrons. The number of azo groups is 1. The molecule has 0 aliphatic heterocycles. The quantitative estimate of drug-likeness (QED) is 0.346. The van der Waals surface area contributed by atoms with Gasteiger partial charge in [-0.25, -0.2) is 8.42 Å². The van der Waals surface area contributed by atoms with E-state index in [1.54, 1.807) is 37.4 Å². The molecule has 186 valence electrons. The highest BCUT2D eigenvalue weighted by Gasteiger charge is 2.33. The number of halogens is 3. The lowest BCUT2D eigenvalue weighted by Gasteiger charge is -2.23. The number of sulfonamides is 1. The highest BCUT2D eigenvalue weighted by molar-refractivity contribution is 7.92. The molecular weight excluding hydrogens is 497 g/mol. The van der Waals surface area contributed by atoms with Gasteiger partial charge in [0.15, 0.2) is 5.69 Å². The summed E-state index contributed by atoms with van der Waals surface area (Å²) in [5, 5.41) is 18.2. The zero-order valence-corrected chi connectivity index (χ0v) is 19.5. The molecule has 0 saturated carbocycles. The first-order valence-electron chi connectivity index (χ1n) is 10.5. The minimum Gasteiger partial charge on any atom is -0.493 e. The molecule has 0 spiro atoms. The van der Waals surface area contributed by atoms with E-state index in [0.29, 0.717) is 21.3 Å². The van der Waals surface area contributed by atoms with Gasteiger partial charge in [0.2, 0.25) is 5.88 Å². The summed E-state index contributed by atoms with van der Waals surface area (Å²) in [6, 6.07) is 17.4. The van der Waals surface area contributed by atoms with Crippen LogP contribution in [0.4, 0.5) is 24.5 Å². The van der Waals surface area contributed by atoms with Gasteiger partial charge in [0.1, 0.15) is 6.54 Å². The molecule has 0 unspecified atom stereocenters. The number of nitrogens with zero attached hydrogens (tertiary/aromatic N) is 4. The second kappa shape index (κ2) is 9.46. The van der Waals surface area contributed by atoms with E-state index in [4.69, 9.17) is 0 Å². The molecule has 8 nitrogen and oxygen atoms in total. The molecule has 1 amide bonds. The molecule has 0 bridgehead atoms. The van der Waals surface area contributed by atoms with Crippen molar-refractivity contribution in [2.24, 2.45) is 17.3 Å². The van der Waals surface area contributed by atoms with Crippen LogP contribution in [0.5, 0.6) is 5.88 Å². The normalized spacial score (nSPS) is 12.3. The van der Waals surface area contributed by atoms with E-state index in [1.807, 2.05) is 0 Å². The second-order valence-electron chi connectivity index (χ2n) is 7.71. The number of aryl methyl sites for hydroxylation is 1. The van der Waals surface area contributed by atoms with Gasteiger partial charge in [0, 0.05) is 12.4 Å². The average Bonchev–Trinajstić information content (AvgIpc) is 3.10. The van der Waals surface area contributed by atoms with Crippen LogP contribution in [0.3, 0.4) is 0 Å². The maximum Gasteiger partial charge on any atom is 0.416 e. The van der Waals surface area contributed by atoms with Crippen LogP contribution >= 0.6 is 0 Å². The smallest absolute Gasteiger partial charge is 0.416 e. The maximum atomic E-state index is 13.3.